The second kappa shape index (κ2) is 7.19. The number of benzene rings is 1. The van der Waals surface area contributed by atoms with Gasteiger partial charge in [-0.05, 0) is 21.1 Å². The van der Waals surface area contributed by atoms with Gasteiger partial charge in [0, 0.05) is 6.07 Å². The molecule has 4 nitrogen and oxygen atoms in total. The minimum atomic E-state index is -2.52. The van der Waals surface area contributed by atoms with Crippen molar-refractivity contribution in [2.75, 3.05) is 21.1 Å². The van der Waals surface area contributed by atoms with Crippen molar-refractivity contribution in [2.45, 2.75) is 0 Å². The van der Waals surface area contributed by atoms with Crippen LogP contribution in [-0.2, 0) is 0 Å². The molecule has 102 valence electrons. The van der Waals surface area contributed by atoms with Crippen LogP contribution in [0.1, 0.15) is 0 Å². The average Bonchev–Trinajstić information content (AvgIpc) is 2.20. The molecular formula is C9H12BF4NO3. The molecule has 0 aliphatic rings. The molecule has 18 heavy (non-hydrogen) atoms. The smallest absolute Gasteiger partial charge is 0.507 e. The average molecular weight is 269 g/mol. The minimum Gasteiger partial charge on any atom is -0.507 e. The number of nitrogens with zero attached hydrogens (tertiary/aromatic N) is 1. The van der Waals surface area contributed by atoms with E-state index in [0.29, 0.717) is 0 Å². The first-order chi connectivity index (χ1) is 8.16. The van der Waals surface area contributed by atoms with E-state index < -0.39 is 36.3 Å². The van der Waals surface area contributed by atoms with Gasteiger partial charge in [0.15, 0.2) is 23.2 Å². The highest BCUT2D eigenvalue weighted by molar-refractivity contribution is 6.33. The van der Waals surface area contributed by atoms with Crippen molar-refractivity contribution in [3.05, 3.63) is 29.3 Å². The van der Waals surface area contributed by atoms with Gasteiger partial charge in [0.1, 0.15) is 0 Å². The molecule has 2 N–H and O–H groups in total. The van der Waals surface area contributed by atoms with E-state index in [1.807, 2.05) is 26.0 Å². The summed E-state index contributed by atoms with van der Waals surface area (Å²) in [7, 11) is 3.48. The standard InChI is InChI=1S/C6H3BF4O3.C3H9N/c8-2-1-3(9)6(14-7(12)13)5(11)4(2)10;1-4(2)3/h1,12-13H;1-3H3. The number of rotatable bonds is 2. The molecule has 0 radical (unpaired) electrons. The van der Waals surface area contributed by atoms with Crippen molar-refractivity contribution in [1.29, 1.82) is 0 Å². The lowest BCUT2D eigenvalue weighted by atomic mass is 10.2. The summed E-state index contributed by atoms with van der Waals surface area (Å²) >= 11 is 0. The summed E-state index contributed by atoms with van der Waals surface area (Å²) in [5, 5.41) is 16.4. The molecule has 0 amide bonds. The fourth-order valence-corrected chi connectivity index (χ4v) is 0.763. The topological polar surface area (TPSA) is 52.9 Å². The monoisotopic (exact) mass is 269 g/mol. The zero-order valence-corrected chi connectivity index (χ0v) is 9.92. The zero-order valence-electron chi connectivity index (χ0n) is 9.92. The van der Waals surface area contributed by atoms with Crippen LogP contribution in [0, 0.1) is 23.3 Å². The lowest BCUT2D eigenvalue weighted by molar-refractivity contribution is 0.269. The summed E-state index contributed by atoms with van der Waals surface area (Å²) in [4.78, 5) is 2.00. The molecule has 0 fully saturated rings. The van der Waals surface area contributed by atoms with E-state index in [-0.39, 0.29) is 6.07 Å². The van der Waals surface area contributed by atoms with Gasteiger partial charge in [0.05, 0.1) is 0 Å². The van der Waals surface area contributed by atoms with Gasteiger partial charge in [0.25, 0.3) is 0 Å². The first kappa shape index (κ1) is 16.7. The molecular weight excluding hydrogens is 257 g/mol. The second-order valence-electron chi connectivity index (χ2n) is 3.58. The van der Waals surface area contributed by atoms with E-state index in [9.17, 15) is 17.6 Å². The maximum atomic E-state index is 12.7. The lowest BCUT2D eigenvalue weighted by Crippen LogP contribution is -2.22. The molecule has 0 heterocycles. The Balaban J connectivity index is 0.000000631. The Morgan fingerprint density at radius 1 is 1.00 bits per heavy atom. The van der Waals surface area contributed by atoms with E-state index in [4.69, 9.17) is 10.0 Å². The van der Waals surface area contributed by atoms with Crippen LogP contribution in [0.4, 0.5) is 17.6 Å². The first-order valence-electron chi connectivity index (χ1n) is 4.63. The third-order valence-electron chi connectivity index (χ3n) is 1.30. The number of hydrogen-bond acceptors (Lipinski definition) is 4. The van der Waals surface area contributed by atoms with Crippen molar-refractivity contribution in [3.63, 3.8) is 0 Å². The molecule has 0 aromatic heterocycles. The fraction of sp³-hybridized carbons (Fsp3) is 0.333. The molecule has 0 spiro atoms. The summed E-state index contributed by atoms with van der Waals surface area (Å²) in [6.45, 7) is 0. The molecule has 0 atom stereocenters. The van der Waals surface area contributed by atoms with E-state index in [1.165, 1.54) is 0 Å². The zero-order chi connectivity index (χ0) is 14.5. The molecule has 1 aromatic rings. The Morgan fingerprint density at radius 3 is 1.83 bits per heavy atom. The Bertz CT molecular complexity index is 401. The largest absolute Gasteiger partial charge is 0.707 e. The van der Waals surface area contributed by atoms with Crippen molar-refractivity contribution >= 4 is 7.32 Å². The van der Waals surface area contributed by atoms with Gasteiger partial charge in [-0.2, -0.15) is 4.39 Å². The highest BCUT2D eigenvalue weighted by Crippen LogP contribution is 2.25. The predicted molar refractivity (Wildman–Crippen MR) is 56.7 cm³/mol. The van der Waals surface area contributed by atoms with Gasteiger partial charge in [-0.1, -0.05) is 0 Å². The summed E-state index contributed by atoms with van der Waals surface area (Å²) in [5.41, 5.74) is 0. The summed E-state index contributed by atoms with van der Waals surface area (Å²) < 4.78 is 53.9. The van der Waals surface area contributed by atoms with E-state index >= 15 is 0 Å². The Labute approximate surface area is 102 Å². The van der Waals surface area contributed by atoms with E-state index in [1.54, 1.807) is 0 Å². The molecule has 0 saturated carbocycles. The SMILES string of the molecule is CN(C)C.OB(O)Oc1c(F)cc(F)c(F)c1F. The van der Waals surface area contributed by atoms with Crippen LogP contribution < -0.4 is 4.65 Å². The maximum Gasteiger partial charge on any atom is 0.707 e. The van der Waals surface area contributed by atoms with Crippen molar-refractivity contribution < 1.29 is 32.3 Å². The van der Waals surface area contributed by atoms with Crippen LogP contribution in [0.15, 0.2) is 6.07 Å². The Morgan fingerprint density at radius 2 is 1.44 bits per heavy atom. The van der Waals surface area contributed by atoms with Crippen LogP contribution in [0.5, 0.6) is 5.75 Å². The Hall–Kier alpha value is -1.32. The van der Waals surface area contributed by atoms with Gasteiger partial charge in [-0.3, -0.25) is 0 Å². The quantitative estimate of drug-likeness (QED) is 0.360. The summed E-state index contributed by atoms with van der Waals surface area (Å²) in [6.07, 6.45) is 0. The normalized spacial score (nSPS) is 9.89. The molecule has 0 aliphatic carbocycles. The van der Waals surface area contributed by atoms with Gasteiger partial charge in [-0.25, -0.2) is 13.2 Å². The molecule has 1 aromatic carbocycles. The molecule has 0 unspecified atom stereocenters. The maximum absolute atomic E-state index is 12.7. The third kappa shape index (κ3) is 5.34. The minimum absolute atomic E-state index is 0.0239. The van der Waals surface area contributed by atoms with E-state index in [0.717, 1.165) is 0 Å². The van der Waals surface area contributed by atoms with E-state index in [2.05, 4.69) is 4.65 Å². The van der Waals surface area contributed by atoms with Crippen LogP contribution >= 0.6 is 0 Å². The van der Waals surface area contributed by atoms with Gasteiger partial charge >= 0.3 is 7.32 Å². The molecule has 0 aliphatic heterocycles. The molecule has 0 saturated heterocycles. The Kier molecular flexibility index (Phi) is 6.67. The predicted octanol–water partition coefficient (Wildman–Crippen LogP) is 0.769. The third-order valence-corrected chi connectivity index (χ3v) is 1.30. The van der Waals surface area contributed by atoms with Crippen molar-refractivity contribution in [1.82, 2.24) is 4.90 Å². The highest BCUT2D eigenvalue weighted by Gasteiger charge is 2.24. The number of hydrogen-bond donors (Lipinski definition) is 2. The highest BCUT2D eigenvalue weighted by atomic mass is 19.2. The fourth-order valence-electron chi connectivity index (χ4n) is 0.763. The van der Waals surface area contributed by atoms with Crippen LogP contribution in [0.25, 0.3) is 0 Å². The van der Waals surface area contributed by atoms with Gasteiger partial charge in [-0.15, -0.1) is 0 Å². The van der Waals surface area contributed by atoms with Crippen molar-refractivity contribution in [3.8, 4) is 5.75 Å². The first-order valence-corrected chi connectivity index (χ1v) is 4.63. The summed E-state index contributed by atoms with van der Waals surface area (Å²) in [6, 6.07) is 0.0239. The van der Waals surface area contributed by atoms with Crippen molar-refractivity contribution in [2.24, 2.45) is 0 Å². The summed E-state index contributed by atoms with van der Waals surface area (Å²) in [5.74, 6) is -8.62. The lowest BCUT2D eigenvalue weighted by Gasteiger charge is -2.07. The van der Waals surface area contributed by atoms with Gasteiger partial charge < -0.3 is 19.6 Å². The molecule has 9 heteroatoms. The number of halogens is 4. The van der Waals surface area contributed by atoms with Crippen LogP contribution in [0.3, 0.4) is 0 Å². The molecule has 1 rings (SSSR count). The molecule has 0 bridgehead atoms. The van der Waals surface area contributed by atoms with Crippen LogP contribution in [-0.4, -0.2) is 43.4 Å². The van der Waals surface area contributed by atoms with Crippen LogP contribution in [0.2, 0.25) is 0 Å². The second-order valence-corrected chi connectivity index (χ2v) is 3.58. The van der Waals surface area contributed by atoms with Gasteiger partial charge in [0.2, 0.25) is 5.82 Å².